The quantitative estimate of drug-likeness (QED) is 0.852. The van der Waals surface area contributed by atoms with E-state index in [0.717, 1.165) is 16.5 Å². The van der Waals surface area contributed by atoms with Crippen LogP contribution < -0.4 is 5.32 Å². The molecule has 4 rings (SSSR count). The first-order valence-electron chi connectivity index (χ1n) is 7.24. The Hall–Kier alpha value is -2.47. The summed E-state index contributed by atoms with van der Waals surface area (Å²) in [5, 5.41) is 3.78. The first kappa shape index (κ1) is 13.2. The molecule has 1 spiro atoms. The van der Waals surface area contributed by atoms with Crippen LogP contribution in [-0.4, -0.2) is 40.6 Å². The van der Waals surface area contributed by atoms with E-state index >= 15 is 0 Å². The number of nitrogens with one attached hydrogen (secondary N) is 1. The molecule has 3 amide bonds. The third-order valence-corrected chi connectivity index (χ3v) is 4.31. The van der Waals surface area contributed by atoms with Crippen molar-refractivity contribution < 1.29 is 14.3 Å². The third kappa shape index (κ3) is 1.88. The lowest BCUT2D eigenvalue weighted by atomic mass is 9.99. The number of aromatic nitrogens is 1. The number of fused-ring (bicyclic) bond motifs is 1. The van der Waals surface area contributed by atoms with Crippen LogP contribution in [0.1, 0.15) is 12.0 Å². The fourth-order valence-electron chi connectivity index (χ4n) is 3.12. The van der Waals surface area contributed by atoms with Crippen molar-refractivity contribution in [3.63, 3.8) is 0 Å². The van der Waals surface area contributed by atoms with Gasteiger partial charge in [0.25, 0.3) is 5.91 Å². The zero-order valence-corrected chi connectivity index (χ0v) is 11.9. The normalized spacial score (nSPS) is 24.5. The second-order valence-electron chi connectivity index (χ2n) is 5.70. The molecule has 22 heavy (non-hydrogen) atoms. The molecule has 0 aliphatic carbocycles. The monoisotopic (exact) mass is 297 g/mol. The first-order valence-corrected chi connectivity index (χ1v) is 7.24. The number of hydrogen-bond acceptors (Lipinski definition) is 4. The molecule has 6 nitrogen and oxygen atoms in total. The maximum Gasteiger partial charge on any atom is 0.325 e. The van der Waals surface area contributed by atoms with Crippen molar-refractivity contribution in [3.05, 3.63) is 42.1 Å². The molecule has 1 unspecified atom stereocenters. The lowest BCUT2D eigenvalue weighted by Gasteiger charge is -2.18. The van der Waals surface area contributed by atoms with Crippen molar-refractivity contribution in [2.75, 3.05) is 13.2 Å². The molecule has 3 heterocycles. The highest BCUT2D eigenvalue weighted by molar-refractivity contribution is 6.07. The Morgan fingerprint density at radius 1 is 1.27 bits per heavy atom. The van der Waals surface area contributed by atoms with Gasteiger partial charge in [0.2, 0.25) is 0 Å². The van der Waals surface area contributed by atoms with E-state index < -0.39 is 5.54 Å². The Morgan fingerprint density at radius 3 is 2.95 bits per heavy atom. The van der Waals surface area contributed by atoms with E-state index in [0.29, 0.717) is 13.0 Å². The predicted octanol–water partition coefficient (Wildman–Crippen LogP) is 1.45. The van der Waals surface area contributed by atoms with Crippen molar-refractivity contribution in [3.8, 4) is 0 Å². The van der Waals surface area contributed by atoms with Crippen molar-refractivity contribution in [2.24, 2.45) is 0 Å². The van der Waals surface area contributed by atoms with Gasteiger partial charge in [-0.3, -0.25) is 14.7 Å². The van der Waals surface area contributed by atoms with Crippen LogP contribution in [0.3, 0.4) is 0 Å². The number of carbonyl (C=O) groups excluding carboxylic acids is 2. The molecular formula is C16H15N3O3. The molecule has 1 aromatic carbocycles. The van der Waals surface area contributed by atoms with Crippen molar-refractivity contribution >= 4 is 22.8 Å². The lowest BCUT2D eigenvalue weighted by Crippen LogP contribution is -2.47. The highest BCUT2D eigenvalue weighted by Gasteiger charge is 2.53. The average molecular weight is 297 g/mol. The number of imide groups is 1. The van der Waals surface area contributed by atoms with Crippen LogP contribution in [0.5, 0.6) is 0 Å². The first-order chi connectivity index (χ1) is 10.7. The largest absolute Gasteiger partial charge is 0.378 e. The number of para-hydroxylation sites is 1. The van der Waals surface area contributed by atoms with E-state index in [1.54, 1.807) is 6.20 Å². The molecule has 2 aliphatic heterocycles. The van der Waals surface area contributed by atoms with Crippen LogP contribution in [-0.2, 0) is 16.1 Å². The topological polar surface area (TPSA) is 71.5 Å². The van der Waals surface area contributed by atoms with Gasteiger partial charge in [-0.1, -0.05) is 24.3 Å². The fraction of sp³-hybridized carbons (Fsp3) is 0.312. The molecule has 2 aromatic rings. The summed E-state index contributed by atoms with van der Waals surface area (Å²) in [6, 6.07) is 9.24. The summed E-state index contributed by atoms with van der Waals surface area (Å²) in [5.74, 6) is -0.206. The minimum absolute atomic E-state index is 0.206. The summed E-state index contributed by atoms with van der Waals surface area (Å²) < 4.78 is 5.30. The van der Waals surface area contributed by atoms with Crippen LogP contribution in [0, 0.1) is 0 Å². The molecule has 2 aliphatic rings. The molecule has 2 fully saturated rings. The summed E-state index contributed by atoms with van der Waals surface area (Å²) in [5.41, 5.74) is 0.807. The standard InChI is InChI=1S/C16H15N3O3/c20-14-16(6-8-22-10-16)18-15(21)19(14)9-12-4-1-3-11-5-2-7-17-13(11)12/h1-5,7H,6,8-10H2,(H,18,21). The van der Waals surface area contributed by atoms with E-state index in [1.807, 2.05) is 30.3 Å². The van der Waals surface area contributed by atoms with Gasteiger partial charge in [0, 0.05) is 24.6 Å². The van der Waals surface area contributed by atoms with Gasteiger partial charge in [0.1, 0.15) is 5.54 Å². The number of benzene rings is 1. The number of carbonyl (C=O) groups is 2. The molecule has 1 N–H and O–H groups in total. The summed E-state index contributed by atoms with van der Waals surface area (Å²) in [4.78, 5) is 30.5. The Kier molecular flexibility index (Phi) is 2.87. The molecule has 0 bridgehead atoms. The zero-order valence-electron chi connectivity index (χ0n) is 11.9. The van der Waals surface area contributed by atoms with E-state index in [9.17, 15) is 9.59 Å². The van der Waals surface area contributed by atoms with Gasteiger partial charge in [-0.2, -0.15) is 0 Å². The van der Waals surface area contributed by atoms with Crippen LogP contribution in [0.4, 0.5) is 4.79 Å². The summed E-state index contributed by atoms with van der Waals surface area (Å²) in [7, 11) is 0. The molecular weight excluding hydrogens is 282 g/mol. The summed E-state index contributed by atoms with van der Waals surface area (Å²) >= 11 is 0. The predicted molar refractivity (Wildman–Crippen MR) is 79.0 cm³/mol. The van der Waals surface area contributed by atoms with E-state index in [1.165, 1.54) is 4.90 Å². The number of hydrogen-bond donors (Lipinski definition) is 1. The lowest BCUT2D eigenvalue weighted by molar-refractivity contribution is -0.131. The summed E-state index contributed by atoms with van der Waals surface area (Å²) in [6.45, 7) is 0.971. The number of urea groups is 1. The number of ether oxygens (including phenoxy) is 1. The summed E-state index contributed by atoms with van der Waals surface area (Å²) in [6.07, 6.45) is 2.24. The second kappa shape index (κ2) is 4.78. The van der Waals surface area contributed by atoms with Gasteiger partial charge in [-0.15, -0.1) is 0 Å². The molecule has 112 valence electrons. The maximum absolute atomic E-state index is 12.6. The van der Waals surface area contributed by atoms with Crippen LogP contribution in [0.25, 0.3) is 10.9 Å². The Labute approximate surface area is 127 Å². The van der Waals surface area contributed by atoms with Crippen LogP contribution >= 0.6 is 0 Å². The average Bonchev–Trinajstić information content (AvgIpc) is 3.09. The Bertz CT molecular complexity index is 763. The number of amides is 3. The fourth-order valence-corrected chi connectivity index (χ4v) is 3.12. The van der Waals surface area contributed by atoms with E-state index in [2.05, 4.69) is 10.3 Å². The van der Waals surface area contributed by atoms with Gasteiger partial charge >= 0.3 is 6.03 Å². The van der Waals surface area contributed by atoms with Gasteiger partial charge in [-0.25, -0.2) is 4.79 Å². The van der Waals surface area contributed by atoms with Crippen molar-refractivity contribution in [1.82, 2.24) is 15.2 Å². The van der Waals surface area contributed by atoms with Gasteiger partial charge in [0.05, 0.1) is 18.7 Å². The Morgan fingerprint density at radius 2 is 2.14 bits per heavy atom. The van der Waals surface area contributed by atoms with Crippen LogP contribution in [0.2, 0.25) is 0 Å². The van der Waals surface area contributed by atoms with Crippen molar-refractivity contribution in [2.45, 2.75) is 18.5 Å². The van der Waals surface area contributed by atoms with E-state index in [-0.39, 0.29) is 25.1 Å². The number of pyridine rings is 1. The zero-order chi connectivity index (χ0) is 15.2. The minimum Gasteiger partial charge on any atom is -0.378 e. The van der Waals surface area contributed by atoms with Gasteiger partial charge in [0.15, 0.2) is 0 Å². The Balaban J connectivity index is 1.68. The molecule has 0 radical (unpaired) electrons. The van der Waals surface area contributed by atoms with Gasteiger partial charge < -0.3 is 10.1 Å². The number of rotatable bonds is 2. The highest BCUT2D eigenvalue weighted by atomic mass is 16.5. The SMILES string of the molecule is O=C1NC2(CCOC2)C(=O)N1Cc1cccc2cccnc12. The van der Waals surface area contributed by atoms with E-state index in [4.69, 9.17) is 4.74 Å². The smallest absolute Gasteiger partial charge is 0.325 e. The van der Waals surface area contributed by atoms with Crippen LogP contribution in [0.15, 0.2) is 36.5 Å². The minimum atomic E-state index is -0.866. The maximum atomic E-state index is 12.6. The molecule has 1 atom stereocenters. The number of nitrogens with zero attached hydrogens (tertiary/aromatic N) is 2. The molecule has 0 saturated carbocycles. The van der Waals surface area contributed by atoms with Gasteiger partial charge in [-0.05, 0) is 11.6 Å². The van der Waals surface area contributed by atoms with Crippen molar-refractivity contribution in [1.29, 1.82) is 0 Å². The molecule has 1 aromatic heterocycles. The molecule has 6 heteroatoms. The third-order valence-electron chi connectivity index (χ3n) is 4.31. The molecule has 2 saturated heterocycles. The second-order valence-corrected chi connectivity index (χ2v) is 5.70. The highest BCUT2D eigenvalue weighted by Crippen LogP contribution is 2.28.